The fraction of sp³-hybridized carbons (Fsp3) is 1.00. The zero-order valence-electron chi connectivity index (χ0n) is 9.76. The van der Waals surface area contributed by atoms with Gasteiger partial charge in [0.1, 0.15) is 6.61 Å². The molecule has 1 rings (SSSR count). The van der Waals surface area contributed by atoms with Crippen molar-refractivity contribution in [3.8, 4) is 0 Å². The van der Waals surface area contributed by atoms with Crippen LogP contribution in [0.25, 0.3) is 0 Å². The highest BCUT2D eigenvalue weighted by atomic mass is 19.3. The van der Waals surface area contributed by atoms with E-state index in [9.17, 15) is 8.78 Å². The minimum absolute atomic E-state index is 0.418. The molecule has 1 fully saturated rings. The number of nitrogens with zero attached hydrogens (tertiary/aromatic N) is 1. The van der Waals surface area contributed by atoms with Crippen molar-refractivity contribution in [1.82, 2.24) is 10.2 Å². The van der Waals surface area contributed by atoms with Crippen molar-refractivity contribution >= 4 is 0 Å². The summed E-state index contributed by atoms with van der Waals surface area (Å²) >= 11 is 0. The summed E-state index contributed by atoms with van der Waals surface area (Å²) in [5.41, 5.74) is 0. The van der Waals surface area contributed by atoms with E-state index in [0.717, 1.165) is 26.1 Å². The van der Waals surface area contributed by atoms with E-state index in [1.54, 1.807) is 0 Å². The predicted molar refractivity (Wildman–Crippen MR) is 60.0 cm³/mol. The van der Waals surface area contributed by atoms with Crippen molar-refractivity contribution in [2.24, 2.45) is 0 Å². The Bertz CT molecular complexity index is 164. The van der Waals surface area contributed by atoms with E-state index in [2.05, 4.69) is 10.2 Å². The van der Waals surface area contributed by atoms with Crippen molar-refractivity contribution in [2.75, 3.05) is 45.9 Å². The smallest absolute Gasteiger partial charge is 0.261 e. The summed E-state index contributed by atoms with van der Waals surface area (Å²) in [6.45, 7) is 5.34. The molecule has 1 heterocycles. The van der Waals surface area contributed by atoms with Crippen molar-refractivity contribution < 1.29 is 13.5 Å². The van der Waals surface area contributed by atoms with E-state index in [1.165, 1.54) is 25.9 Å². The van der Waals surface area contributed by atoms with Crippen LogP contribution in [0.4, 0.5) is 8.78 Å². The van der Waals surface area contributed by atoms with Crippen molar-refractivity contribution in [3.63, 3.8) is 0 Å². The number of ether oxygens (including phenoxy) is 1. The van der Waals surface area contributed by atoms with Crippen LogP contribution >= 0.6 is 0 Å². The summed E-state index contributed by atoms with van der Waals surface area (Å²) in [4.78, 5) is 2.44. The maximum Gasteiger partial charge on any atom is 0.261 e. The van der Waals surface area contributed by atoms with Crippen molar-refractivity contribution in [3.05, 3.63) is 0 Å². The van der Waals surface area contributed by atoms with Gasteiger partial charge in [0.25, 0.3) is 6.43 Å². The third-order valence-corrected chi connectivity index (χ3v) is 2.69. The number of nitrogens with one attached hydrogen (secondary N) is 1. The van der Waals surface area contributed by atoms with Gasteiger partial charge in [-0.25, -0.2) is 8.78 Å². The topological polar surface area (TPSA) is 24.5 Å². The molecule has 3 nitrogen and oxygen atoms in total. The summed E-state index contributed by atoms with van der Waals surface area (Å²) in [5, 5.41) is 3.29. The lowest BCUT2D eigenvalue weighted by molar-refractivity contribution is 0.0168. The number of hydrogen-bond acceptors (Lipinski definition) is 3. The van der Waals surface area contributed by atoms with Crippen LogP contribution < -0.4 is 5.32 Å². The maximum absolute atomic E-state index is 11.7. The van der Waals surface area contributed by atoms with E-state index in [1.807, 2.05) is 0 Å². The van der Waals surface area contributed by atoms with Crippen LogP contribution in [0.1, 0.15) is 19.3 Å². The lowest BCUT2D eigenvalue weighted by Crippen LogP contribution is -2.30. The lowest BCUT2D eigenvalue weighted by Gasteiger charge is -2.14. The molecule has 0 atom stereocenters. The Morgan fingerprint density at radius 1 is 1.19 bits per heavy atom. The van der Waals surface area contributed by atoms with Gasteiger partial charge in [-0.2, -0.15) is 0 Å². The van der Waals surface area contributed by atoms with E-state index in [0.29, 0.717) is 6.61 Å². The SMILES string of the molecule is FC(F)COCCCNCCN1CCCC1. The van der Waals surface area contributed by atoms with Gasteiger partial charge in [0, 0.05) is 19.7 Å². The number of likely N-dealkylation sites (tertiary alicyclic amines) is 1. The second kappa shape index (κ2) is 8.84. The van der Waals surface area contributed by atoms with Gasteiger partial charge in [0.2, 0.25) is 0 Å². The quantitative estimate of drug-likeness (QED) is 0.611. The van der Waals surface area contributed by atoms with E-state index in [-0.39, 0.29) is 0 Å². The second-order valence-corrected chi connectivity index (χ2v) is 4.12. The molecule has 0 bridgehead atoms. The van der Waals surface area contributed by atoms with E-state index >= 15 is 0 Å². The molecular weight excluding hydrogens is 214 g/mol. The minimum Gasteiger partial charge on any atom is -0.375 e. The summed E-state index contributed by atoms with van der Waals surface area (Å²) in [6, 6.07) is 0. The molecule has 1 aliphatic heterocycles. The van der Waals surface area contributed by atoms with Crippen LogP contribution in [0.15, 0.2) is 0 Å². The van der Waals surface area contributed by atoms with Crippen LogP contribution in [-0.4, -0.2) is 57.3 Å². The fourth-order valence-electron chi connectivity index (χ4n) is 1.84. The zero-order chi connectivity index (χ0) is 11.6. The fourth-order valence-corrected chi connectivity index (χ4v) is 1.84. The molecule has 0 unspecified atom stereocenters. The highest BCUT2D eigenvalue weighted by molar-refractivity contribution is 4.66. The average Bonchev–Trinajstić information content (AvgIpc) is 2.74. The molecule has 0 spiro atoms. The molecule has 1 saturated heterocycles. The van der Waals surface area contributed by atoms with Gasteiger partial charge < -0.3 is 15.0 Å². The first-order chi connectivity index (χ1) is 7.79. The van der Waals surface area contributed by atoms with Gasteiger partial charge in [0.15, 0.2) is 0 Å². The number of hydrogen-bond donors (Lipinski definition) is 1. The van der Waals surface area contributed by atoms with E-state index in [4.69, 9.17) is 4.74 Å². The predicted octanol–water partition coefficient (Wildman–Crippen LogP) is 1.34. The first-order valence-corrected chi connectivity index (χ1v) is 6.08. The Morgan fingerprint density at radius 3 is 2.62 bits per heavy atom. The highest BCUT2D eigenvalue weighted by Gasteiger charge is 2.09. The van der Waals surface area contributed by atoms with Crippen LogP contribution in [-0.2, 0) is 4.74 Å². The molecule has 0 aromatic heterocycles. The van der Waals surface area contributed by atoms with Crippen LogP contribution in [0.3, 0.4) is 0 Å². The Balaban J connectivity index is 1.74. The largest absolute Gasteiger partial charge is 0.375 e. The summed E-state index contributed by atoms with van der Waals surface area (Å²) < 4.78 is 28.2. The molecule has 1 aliphatic rings. The molecule has 0 amide bonds. The molecule has 0 aromatic carbocycles. The standard InChI is InChI=1S/C11H22F2N2O/c12-11(13)10-16-9-3-4-14-5-8-15-6-1-2-7-15/h11,14H,1-10H2. The zero-order valence-corrected chi connectivity index (χ0v) is 9.76. The van der Waals surface area contributed by atoms with Gasteiger partial charge in [-0.05, 0) is 38.9 Å². The van der Waals surface area contributed by atoms with Gasteiger partial charge in [0.05, 0.1) is 0 Å². The molecule has 16 heavy (non-hydrogen) atoms. The maximum atomic E-state index is 11.7. The Kier molecular flexibility index (Phi) is 7.63. The third-order valence-electron chi connectivity index (χ3n) is 2.69. The third kappa shape index (κ3) is 7.09. The minimum atomic E-state index is -2.34. The monoisotopic (exact) mass is 236 g/mol. The Morgan fingerprint density at radius 2 is 1.94 bits per heavy atom. The van der Waals surface area contributed by atoms with Gasteiger partial charge in [-0.3, -0.25) is 0 Å². The first kappa shape index (κ1) is 13.8. The second-order valence-electron chi connectivity index (χ2n) is 4.12. The van der Waals surface area contributed by atoms with Crippen molar-refractivity contribution in [1.29, 1.82) is 0 Å². The number of halogens is 2. The molecule has 1 N–H and O–H groups in total. The van der Waals surface area contributed by atoms with Crippen LogP contribution in [0.2, 0.25) is 0 Å². The molecule has 96 valence electrons. The first-order valence-electron chi connectivity index (χ1n) is 6.08. The highest BCUT2D eigenvalue weighted by Crippen LogP contribution is 2.05. The van der Waals surface area contributed by atoms with Gasteiger partial charge in [-0.15, -0.1) is 0 Å². The summed E-state index contributed by atoms with van der Waals surface area (Å²) in [6.07, 6.45) is 1.10. The number of alkyl halides is 2. The molecule has 0 aliphatic carbocycles. The van der Waals surface area contributed by atoms with Gasteiger partial charge >= 0.3 is 0 Å². The van der Waals surface area contributed by atoms with Crippen LogP contribution in [0.5, 0.6) is 0 Å². The molecule has 5 heteroatoms. The lowest BCUT2D eigenvalue weighted by atomic mass is 10.4. The average molecular weight is 236 g/mol. The summed E-state index contributed by atoms with van der Waals surface area (Å²) in [7, 11) is 0. The number of rotatable bonds is 9. The Labute approximate surface area is 96.1 Å². The normalized spacial score (nSPS) is 17.4. The molecule has 0 radical (unpaired) electrons. The van der Waals surface area contributed by atoms with Gasteiger partial charge in [-0.1, -0.05) is 0 Å². The van der Waals surface area contributed by atoms with Crippen LogP contribution in [0, 0.1) is 0 Å². The molecule has 0 aromatic rings. The molecular formula is C11H22F2N2O. The Hall–Kier alpha value is -0.260. The molecule has 0 saturated carbocycles. The van der Waals surface area contributed by atoms with Crippen molar-refractivity contribution in [2.45, 2.75) is 25.7 Å². The van der Waals surface area contributed by atoms with E-state index < -0.39 is 13.0 Å². The summed E-state index contributed by atoms with van der Waals surface area (Å²) in [5.74, 6) is 0.